The molecule has 0 aliphatic rings. The van der Waals surface area contributed by atoms with Crippen molar-refractivity contribution in [2.24, 2.45) is 0 Å². The average Bonchev–Trinajstić information content (AvgIpc) is 2.40. The fraction of sp³-hybridized carbons (Fsp3) is 0.533. The molecule has 19 heavy (non-hydrogen) atoms. The van der Waals surface area contributed by atoms with Crippen molar-refractivity contribution >= 4 is 5.91 Å². The van der Waals surface area contributed by atoms with Crippen LogP contribution in [0.5, 0.6) is 5.75 Å². The Morgan fingerprint density at radius 1 is 1.37 bits per heavy atom. The first-order chi connectivity index (χ1) is 8.90. The summed E-state index contributed by atoms with van der Waals surface area (Å²) < 4.78 is 5.44. The van der Waals surface area contributed by atoms with E-state index in [2.05, 4.69) is 5.32 Å². The average molecular weight is 265 g/mol. The predicted molar refractivity (Wildman–Crippen MR) is 75.3 cm³/mol. The van der Waals surface area contributed by atoms with Crippen molar-refractivity contribution in [3.63, 3.8) is 0 Å². The van der Waals surface area contributed by atoms with Crippen molar-refractivity contribution < 1.29 is 14.6 Å². The van der Waals surface area contributed by atoms with Crippen LogP contribution in [0, 0.1) is 13.8 Å². The van der Waals surface area contributed by atoms with Crippen LogP contribution < -0.4 is 10.1 Å². The lowest BCUT2D eigenvalue weighted by molar-refractivity contribution is -0.125. The fourth-order valence-corrected chi connectivity index (χ4v) is 1.56. The molecule has 0 saturated carbocycles. The lowest BCUT2D eigenvalue weighted by atomic mass is 10.0. The Kier molecular flexibility index (Phi) is 5.36. The molecule has 1 unspecified atom stereocenters. The van der Waals surface area contributed by atoms with Crippen LogP contribution >= 0.6 is 0 Å². The SMILES string of the molecule is CCC(C)(CO)NC(=O)COc1ccc(C)c(C)c1. The van der Waals surface area contributed by atoms with Crippen LogP contribution in [-0.2, 0) is 4.79 Å². The van der Waals surface area contributed by atoms with E-state index in [1.165, 1.54) is 5.56 Å². The van der Waals surface area contributed by atoms with E-state index in [9.17, 15) is 9.90 Å². The maximum absolute atomic E-state index is 11.8. The van der Waals surface area contributed by atoms with E-state index >= 15 is 0 Å². The molecule has 4 nitrogen and oxygen atoms in total. The number of amides is 1. The van der Waals surface area contributed by atoms with Gasteiger partial charge in [-0.1, -0.05) is 13.0 Å². The number of carbonyl (C=O) groups excluding carboxylic acids is 1. The van der Waals surface area contributed by atoms with E-state index in [0.717, 1.165) is 5.56 Å². The molecule has 0 fully saturated rings. The molecule has 1 rings (SSSR count). The zero-order valence-corrected chi connectivity index (χ0v) is 12.1. The molecule has 0 aliphatic carbocycles. The summed E-state index contributed by atoms with van der Waals surface area (Å²) in [5.41, 5.74) is 1.74. The molecule has 1 atom stereocenters. The third-order valence-corrected chi connectivity index (χ3v) is 3.42. The quantitative estimate of drug-likeness (QED) is 0.826. The van der Waals surface area contributed by atoms with Gasteiger partial charge in [-0.05, 0) is 50.5 Å². The third kappa shape index (κ3) is 4.56. The Morgan fingerprint density at radius 2 is 2.05 bits per heavy atom. The zero-order valence-electron chi connectivity index (χ0n) is 12.1. The minimum atomic E-state index is -0.580. The monoisotopic (exact) mass is 265 g/mol. The standard InChI is InChI=1S/C15H23NO3/c1-5-15(4,10-17)16-14(18)9-19-13-7-6-11(2)12(3)8-13/h6-8,17H,5,9-10H2,1-4H3,(H,16,18). The number of benzene rings is 1. The molecule has 106 valence electrons. The van der Waals surface area contributed by atoms with E-state index in [-0.39, 0.29) is 19.1 Å². The molecule has 0 aliphatic heterocycles. The van der Waals surface area contributed by atoms with Gasteiger partial charge >= 0.3 is 0 Å². The second-order valence-corrected chi connectivity index (χ2v) is 5.16. The van der Waals surface area contributed by atoms with Crippen molar-refractivity contribution in [3.05, 3.63) is 29.3 Å². The second kappa shape index (κ2) is 6.57. The largest absolute Gasteiger partial charge is 0.484 e. The molecule has 1 aromatic rings. The molecule has 0 radical (unpaired) electrons. The van der Waals surface area contributed by atoms with Gasteiger partial charge in [-0.2, -0.15) is 0 Å². The maximum Gasteiger partial charge on any atom is 0.258 e. The molecule has 0 saturated heterocycles. The topological polar surface area (TPSA) is 58.6 Å². The van der Waals surface area contributed by atoms with Gasteiger partial charge in [0.05, 0.1) is 12.1 Å². The third-order valence-electron chi connectivity index (χ3n) is 3.42. The Morgan fingerprint density at radius 3 is 2.58 bits per heavy atom. The number of hydrogen-bond acceptors (Lipinski definition) is 3. The van der Waals surface area contributed by atoms with Gasteiger partial charge in [0.1, 0.15) is 5.75 Å². The molecule has 2 N–H and O–H groups in total. The number of carbonyl (C=O) groups is 1. The number of hydrogen-bond donors (Lipinski definition) is 2. The molecule has 0 aromatic heterocycles. The first kappa shape index (κ1) is 15.5. The summed E-state index contributed by atoms with van der Waals surface area (Å²) in [6, 6.07) is 5.72. The second-order valence-electron chi connectivity index (χ2n) is 5.16. The summed E-state index contributed by atoms with van der Waals surface area (Å²) in [6.07, 6.45) is 0.666. The minimum Gasteiger partial charge on any atom is -0.484 e. The van der Waals surface area contributed by atoms with Gasteiger partial charge in [-0.15, -0.1) is 0 Å². The van der Waals surface area contributed by atoms with Gasteiger partial charge in [0.15, 0.2) is 6.61 Å². The maximum atomic E-state index is 11.8. The lowest BCUT2D eigenvalue weighted by Gasteiger charge is -2.27. The summed E-state index contributed by atoms with van der Waals surface area (Å²) in [6.45, 7) is 7.63. The highest BCUT2D eigenvalue weighted by Gasteiger charge is 2.23. The Balaban J connectivity index is 2.52. The van der Waals surface area contributed by atoms with E-state index < -0.39 is 5.54 Å². The Labute approximate surface area is 114 Å². The van der Waals surface area contributed by atoms with Crippen LogP contribution in [0.25, 0.3) is 0 Å². The van der Waals surface area contributed by atoms with E-state index in [0.29, 0.717) is 12.2 Å². The molecule has 4 heteroatoms. The number of ether oxygens (including phenoxy) is 1. The van der Waals surface area contributed by atoms with Crippen LogP contribution in [-0.4, -0.2) is 29.8 Å². The van der Waals surface area contributed by atoms with Crippen LogP contribution in [0.15, 0.2) is 18.2 Å². The fourth-order valence-electron chi connectivity index (χ4n) is 1.56. The summed E-state index contributed by atoms with van der Waals surface area (Å²) in [5.74, 6) is 0.456. The van der Waals surface area contributed by atoms with Gasteiger partial charge < -0.3 is 15.2 Å². The van der Waals surface area contributed by atoms with Crippen LogP contribution in [0.1, 0.15) is 31.4 Å². The highest BCUT2D eigenvalue weighted by Crippen LogP contribution is 2.16. The van der Waals surface area contributed by atoms with Crippen LogP contribution in [0.2, 0.25) is 0 Å². The molecular formula is C15H23NO3. The first-order valence-corrected chi connectivity index (χ1v) is 6.52. The normalized spacial score (nSPS) is 13.7. The van der Waals surface area contributed by atoms with Crippen LogP contribution in [0.4, 0.5) is 0 Å². The molecule has 0 heterocycles. The van der Waals surface area contributed by atoms with Gasteiger partial charge in [-0.25, -0.2) is 0 Å². The van der Waals surface area contributed by atoms with Crippen molar-refractivity contribution in [3.8, 4) is 5.75 Å². The van der Waals surface area contributed by atoms with Crippen LogP contribution in [0.3, 0.4) is 0 Å². The number of rotatable bonds is 6. The highest BCUT2D eigenvalue weighted by atomic mass is 16.5. The van der Waals surface area contributed by atoms with E-state index in [1.54, 1.807) is 6.92 Å². The predicted octanol–water partition coefficient (Wildman–Crippen LogP) is 1.96. The highest BCUT2D eigenvalue weighted by molar-refractivity contribution is 5.78. The Bertz CT molecular complexity index is 439. The van der Waals surface area contributed by atoms with E-state index in [4.69, 9.17) is 4.74 Å². The summed E-state index contributed by atoms with van der Waals surface area (Å²) in [7, 11) is 0. The first-order valence-electron chi connectivity index (χ1n) is 6.52. The smallest absolute Gasteiger partial charge is 0.258 e. The van der Waals surface area contributed by atoms with Gasteiger partial charge in [0, 0.05) is 0 Å². The summed E-state index contributed by atoms with van der Waals surface area (Å²) >= 11 is 0. The molecule has 1 amide bonds. The molecule has 1 aromatic carbocycles. The molecule has 0 spiro atoms. The minimum absolute atomic E-state index is 0.0436. The van der Waals surface area contributed by atoms with Gasteiger partial charge in [-0.3, -0.25) is 4.79 Å². The number of nitrogens with one attached hydrogen (secondary N) is 1. The number of aliphatic hydroxyl groups excluding tert-OH is 1. The molecular weight excluding hydrogens is 242 g/mol. The summed E-state index contributed by atoms with van der Waals surface area (Å²) in [4.78, 5) is 11.8. The van der Waals surface area contributed by atoms with Crippen molar-refractivity contribution in [1.29, 1.82) is 0 Å². The van der Waals surface area contributed by atoms with Gasteiger partial charge in [0.25, 0.3) is 5.91 Å². The van der Waals surface area contributed by atoms with Crippen molar-refractivity contribution in [2.45, 2.75) is 39.7 Å². The van der Waals surface area contributed by atoms with Gasteiger partial charge in [0.2, 0.25) is 0 Å². The Hall–Kier alpha value is -1.55. The van der Waals surface area contributed by atoms with Crippen molar-refractivity contribution in [2.75, 3.05) is 13.2 Å². The molecule has 0 bridgehead atoms. The number of aryl methyl sites for hydroxylation is 2. The van der Waals surface area contributed by atoms with E-state index in [1.807, 2.05) is 39.0 Å². The summed E-state index contributed by atoms with van der Waals surface area (Å²) in [5, 5.41) is 12.0. The van der Waals surface area contributed by atoms with Crippen molar-refractivity contribution in [1.82, 2.24) is 5.32 Å². The zero-order chi connectivity index (χ0) is 14.5. The lowest BCUT2D eigenvalue weighted by Crippen LogP contribution is -2.49. The number of aliphatic hydroxyl groups is 1.